The van der Waals surface area contributed by atoms with Crippen LogP contribution in [0.15, 0.2) is 0 Å². The van der Waals surface area contributed by atoms with E-state index in [4.69, 9.17) is 10.5 Å². The summed E-state index contributed by atoms with van der Waals surface area (Å²) >= 11 is 0. The Morgan fingerprint density at radius 1 is 0.286 bits per heavy atom. The molecular formula is Na2O19. The molecular weight excluding hydrogens is 350 g/mol. The molecule has 0 fully saturated rings. The summed E-state index contributed by atoms with van der Waals surface area (Å²) in [5.74, 6) is 0. The minimum atomic E-state index is 0. The third kappa shape index (κ3) is 26.5. The van der Waals surface area contributed by atoms with Gasteiger partial charge in [-0.1, -0.05) is 0 Å². The van der Waals surface area contributed by atoms with Crippen LogP contribution < -0.4 is 69.6 Å². The van der Waals surface area contributed by atoms with Crippen LogP contribution in [0.5, 0.6) is 0 Å². The summed E-state index contributed by atoms with van der Waals surface area (Å²) in [5.41, 5.74) is 0. The molecule has 0 aromatic carbocycles. The van der Waals surface area contributed by atoms with Gasteiger partial charge in [-0.2, -0.15) is 0 Å². The molecule has 0 N–H and O–H groups in total. The van der Waals surface area contributed by atoms with Crippen molar-refractivity contribution in [1.82, 2.24) is 0 Å². The van der Waals surface area contributed by atoms with Crippen molar-refractivity contribution in [1.29, 1.82) is 0 Å². The SMILES string of the molecule is [Na+].[Na+].[O-]OOOOOOOOOOOOOOOOO[O-]. The summed E-state index contributed by atoms with van der Waals surface area (Å²) in [7, 11) is 0. The van der Waals surface area contributed by atoms with Gasteiger partial charge in [-0.05, 0) is 75.6 Å². The van der Waals surface area contributed by atoms with E-state index in [1.54, 1.807) is 0 Å². The second kappa shape index (κ2) is 26.2. The van der Waals surface area contributed by atoms with Gasteiger partial charge >= 0.3 is 59.1 Å². The second-order valence-corrected chi connectivity index (χ2v) is 1.16. The van der Waals surface area contributed by atoms with E-state index in [1.807, 2.05) is 0 Å². The average molecular weight is 350 g/mol. The molecule has 0 aromatic rings. The van der Waals surface area contributed by atoms with Crippen LogP contribution in [0.3, 0.4) is 0 Å². The molecule has 0 aliphatic heterocycles. The van der Waals surface area contributed by atoms with Crippen molar-refractivity contribution >= 4 is 0 Å². The van der Waals surface area contributed by atoms with E-state index in [0.717, 1.165) is 0 Å². The first kappa shape index (κ1) is 27.1. The Bertz CT molecular complexity index is 133. The normalized spacial score (nSPS) is 10.0. The Balaban J connectivity index is -0.00000162. The van der Waals surface area contributed by atoms with Gasteiger partial charge in [0.2, 0.25) is 0 Å². The first-order chi connectivity index (χ1) is 9.41. The molecule has 0 aliphatic rings. The largest absolute Gasteiger partial charge is 1.00 e. The predicted molar refractivity (Wildman–Crippen MR) is 18.4 cm³/mol. The third-order valence-electron chi connectivity index (χ3n) is 0.444. The summed E-state index contributed by atoms with van der Waals surface area (Å²) in [6.07, 6.45) is 0. The molecule has 21 heteroatoms. The first-order valence-electron chi connectivity index (χ1n) is 3.00. The molecule has 0 unspecified atom stereocenters. The molecule has 0 aromatic heterocycles. The van der Waals surface area contributed by atoms with Gasteiger partial charge in [0.05, 0.1) is 0 Å². The zero-order valence-electron chi connectivity index (χ0n) is 9.76. The third-order valence-corrected chi connectivity index (χ3v) is 0.444. The van der Waals surface area contributed by atoms with Gasteiger partial charge in [-0.15, -0.1) is 0 Å². The van der Waals surface area contributed by atoms with Crippen LogP contribution in [0.1, 0.15) is 0 Å². The van der Waals surface area contributed by atoms with Crippen LogP contribution in [-0.2, 0) is 85.7 Å². The average Bonchev–Trinajstić information content (AvgIpc) is 2.43. The van der Waals surface area contributed by atoms with Crippen LogP contribution in [0.4, 0.5) is 0 Å². The molecule has 0 saturated heterocycles. The molecule has 0 rings (SSSR count). The number of rotatable bonds is 16. The molecule has 0 atom stereocenters. The molecule has 0 heterocycles. The molecule has 21 heavy (non-hydrogen) atoms. The van der Waals surface area contributed by atoms with Crippen molar-refractivity contribution in [2.24, 2.45) is 0 Å². The van der Waals surface area contributed by atoms with Crippen molar-refractivity contribution in [3.8, 4) is 0 Å². The van der Waals surface area contributed by atoms with Gasteiger partial charge in [-0.25, -0.2) is 0 Å². The minimum absolute atomic E-state index is 0. The van der Waals surface area contributed by atoms with Crippen molar-refractivity contribution < 1.29 is 155 Å². The van der Waals surface area contributed by atoms with Crippen LogP contribution in [-0.4, -0.2) is 0 Å². The summed E-state index contributed by atoms with van der Waals surface area (Å²) in [5, 5.41) is 73.5. The van der Waals surface area contributed by atoms with E-state index in [2.05, 4.69) is 85.7 Å². The zero-order valence-corrected chi connectivity index (χ0v) is 13.8. The van der Waals surface area contributed by atoms with Gasteiger partial charge in [-0.3, -0.25) is 10.1 Å². The maximum Gasteiger partial charge on any atom is 1.00 e. The van der Waals surface area contributed by atoms with E-state index in [9.17, 15) is 0 Å². The maximum absolute atomic E-state index is 9.07. The van der Waals surface area contributed by atoms with Gasteiger partial charge in [0.25, 0.3) is 0 Å². The Morgan fingerprint density at radius 3 is 0.571 bits per heavy atom. The summed E-state index contributed by atoms with van der Waals surface area (Å²) in [4.78, 5) is 0. The molecule has 0 amide bonds. The van der Waals surface area contributed by atoms with E-state index < -0.39 is 0 Å². The molecule has 0 aliphatic carbocycles. The Morgan fingerprint density at radius 2 is 0.429 bits per heavy atom. The smallest absolute Gasteiger partial charge is 0.689 e. The predicted octanol–water partition coefficient (Wildman–Crippen LogP) is -9.53. The van der Waals surface area contributed by atoms with Gasteiger partial charge in [0.15, 0.2) is 0 Å². The molecule has 0 bridgehead atoms. The van der Waals surface area contributed by atoms with Gasteiger partial charge in [0.1, 0.15) is 0 Å². The molecule has 19 nitrogen and oxygen atoms in total. The zero-order chi connectivity index (χ0) is 14.0. The fourth-order valence-corrected chi connectivity index (χ4v) is 0.170. The van der Waals surface area contributed by atoms with E-state index >= 15 is 0 Å². The Kier molecular flexibility index (Phi) is 33.8. The van der Waals surface area contributed by atoms with Crippen molar-refractivity contribution in [2.45, 2.75) is 0 Å². The molecule has 0 radical (unpaired) electrons. The van der Waals surface area contributed by atoms with Crippen LogP contribution in [0.25, 0.3) is 0 Å². The minimum Gasteiger partial charge on any atom is -0.689 e. The number of hydrogen-bond donors (Lipinski definition) is 0. The second-order valence-electron chi connectivity index (χ2n) is 1.16. The van der Waals surface area contributed by atoms with Crippen LogP contribution >= 0.6 is 0 Å². The van der Waals surface area contributed by atoms with E-state index in [-0.39, 0.29) is 59.1 Å². The van der Waals surface area contributed by atoms with Crippen molar-refractivity contribution in [3.05, 3.63) is 0 Å². The monoisotopic (exact) mass is 350 g/mol. The molecule has 0 saturated carbocycles. The van der Waals surface area contributed by atoms with Gasteiger partial charge in [0, 0.05) is 0 Å². The number of hydrogen-bond acceptors (Lipinski definition) is 19. The quantitative estimate of drug-likeness (QED) is 0.110. The summed E-state index contributed by atoms with van der Waals surface area (Å²) in [6, 6.07) is 0. The standard InChI is InChI=1S/2Na.H2O19/c;;1-3-5-7-9-11-13-15-17-19-18-16-14-12-10-8-6-4-2/h;;1-2H/q2*+1;/p-2. The van der Waals surface area contributed by atoms with Crippen LogP contribution in [0.2, 0.25) is 0 Å². The Labute approximate surface area is 154 Å². The van der Waals surface area contributed by atoms with Crippen molar-refractivity contribution in [2.75, 3.05) is 0 Å². The maximum atomic E-state index is 9.07. The molecule has 116 valence electrons. The van der Waals surface area contributed by atoms with Crippen LogP contribution in [0, 0.1) is 0 Å². The summed E-state index contributed by atoms with van der Waals surface area (Å²) < 4.78 is 0. The van der Waals surface area contributed by atoms with Gasteiger partial charge < -0.3 is 10.5 Å². The first-order valence-corrected chi connectivity index (χ1v) is 3.00. The topological polar surface area (TPSA) is 203 Å². The molecule has 0 spiro atoms. The fraction of sp³-hybridized carbons (Fsp3) is 0. The van der Waals surface area contributed by atoms with E-state index in [0.29, 0.717) is 0 Å². The fourth-order valence-electron chi connectivity index (χ4n) is 0.170. The Hall–Kier alpha value is 1.24. The van der Waals surface area contributed by atoms with Crippen molar-refractivity contribution in [3.63, 3.8) is 0 Å². The summed E-state index contributed by atoms with van der Waals surface area (Å²) in [6.45, 7) is 0. The van der Waals surface area contributed by atoms with E-state index in [1.165, 1.54) is 0 Å².